The standard InChI is InChI=1S/C35H38N6O11S/c1-36-31(45)28-32(40-33(53-28)21-9-10-37-25(19-21)38-29(43)20-5-6-20)52-18-16-50-14-12-48-11-13-49-15-17-51-24-4-2-3-22-27(24)35(47)41(34(22)46)23-7-8-26(42)39-30(23)44/h2-4,9-10,19-20,23H,5-8,11-18H2,1H3,(H,36,45)(H,37,38,43)(H,39,42,44). The van der Waals surface area contributed by atoms with Crippen LogP contribution in [0.5, 0.6) is 11.6 Å². The Morgan fingerprint density at radius 2 is 1.60 bits per heavy atom. The summed E-state index contributed by atoms with van der Waals surface area (Å²) < 4.78 is 28.2. The van der Waals surface area contributed by atoms with E-state index in [0.29, 0.717) is 41.1 Å². The number of hydrogen-bond donors (Lipinski definition) is 3. The van der Waals surface area contributed by atoms with Crippen LogP contribution in [0.3, 0.4) is 0 Å². The molecule has 1 saturated heterocycles. The fourth-order valence-corrected chi connectivity index (χ4v) is 6.50. The molecule has 18 heteroatoms. The highest BCUT2D eigenvalue weighted by Crippen LogP contribution is 2.35. The van der Waals surface area contributed by atoms with Crippen molar-refractivity contribution in [3.05, 3.63) is 52.5 Å². The van der Waals surface area contributed by atoms with E-state index < -0.39 is 29.7 Å². The lowest BCUT2D eigenvalue weighted by Crippen LogP contribution is -2.54. The minimum Gasteiger partial charge on any atom is -0.490 e. The van der Waals surface area contributed by atoms with E-state index in [9.17, 15) is 28.8 Å². The number of fused-ring (bicyclic) bond motifs is 1. The number of amides is 6. The molecule has 1 aromatic carbocycles. The summed E-state index contributed by atoms with van der Waals surface area (Å²) in [5.74, 6) is -1.92. The zero-order chi connectivity index (χ0) is 37.3. The van der Waals surface area contributed by atoms with Crippen molar-refractivity contribution in [3.8, 4) is 22.2 Å². The van der Waals surface area contributed by atoms with Crippen molar-refractivity contribution in [2.45, 2.75) is 31.7 Å². The number of aromatic nitrogens is 2. The number of carbonyl (C=O) groups excluding carboxylic acids is 6. The van der Waals surface area contributed by atoms with Crippen LogP contribution >= 0.6 is 11.3 Å². The van der Waals surface area contributed by atoms with E-state index in [1.165, 1.54) is 24.5 Å². The molecule has 0 radical (unpaired) electrons. The third-order valence-corrected chi connectivity index (χ3v) is 9.45. The number of imide groups is 2. The van der Waals surface area contributed by atoms with Crippen LogP contribution in [-0.2, 0) is 28.6 Å². The van der Waals surface area contributed by atoms with Gasteiger partial charge in [0.1, 0.15) is 35.8 Å². The van der Waals surface area contributed by atoms with Crippen LogP contribution in [0.4, 0.5) is 5.82 Å². The molecule has 3 aromatic rings. The summed E-state index contributed by atoms with van der Waals surface area (Å²) in [4.78, 5) is 84.5. The summed E-state index contributed by atoms with van der Waals surface area (Å²) in [6.07, 6.45) is 3.44. The molecule has 0 spiro atoms. The van der Waals surface area contributed by atoms with Crippen molar-refractivity contribution in [1.82, 2.24) is 25.5 Å². The molecule has 53 heavy (non-hydrogen) atoms. The number of pyridine rings is 1. The Labute approximate surface area is 307 Å². The number of ether oxygens (including phenoxy) is 5. The van der Waals surface area contributed by atoms with Crippen molar-refractivity contribution in [1.29, 1.82) is 0 Å². The molecule has 1 aliphatic carbocycles. The van der Waals surface area contributed by atoms with Gasteiger partial charge in [0.2, 0.25) is 23.6 Å². The average molecular weight is 751 g/mol. The minimum atomic E-state index is -1.06. The number of anilines is 1. The molecule has 1 atom stereocenters. The first kappa shape index (κ1) is 37.5. The second kappa shape index (κ2) is 17.5. The molecule has 1 saturated carbocycles. The molecule has 1 unspecified atom stereocenters. The van der Waals surface area contributed by atoms with Gasteiger partial charge in [0.15, 0.2) is 4.88 Å². The van der Waals surface area contributed by atoms with Gasteiger partial charge in [0, 0.05) is 31.1 Å². The third kappa shape index (κ3) is 9.20. The van der Waals surface area contributed by atoms with Crippen molar-refractivity contribution in [2.75, 3.05) is 65.2 Å². The van der Waals surface area contributed by atoms with Gasteiger partial charge >= 0.3 is 0 Å². The first-order valence-corrected chi connectivity index (χ1v) is 17.9. The molecule has 3 N–H and O–H groups in total. The van der Waals surface area contributed by atoms with Crippen LogP contribution in [0.15, 0.2) is 36.5 Å². The van der Waals surface area contributed by atoms with Crippen LogP contribution in [-0.4, -0.2) is 116 Å². The molecule has 2 aliphatic heterocycles. The SMILES string of the molecule is CNC(=O)c1sc(-c2ccnc(NC(=O)C3CC3)c2)nc1OCCOCCOCCOCCOc1cccc2c1C(=O)N(C1CCC(=O)NC1=O)C2=O. The summed E-state index contributed by atoms with van der Waals surface area (Å²) in [5, 5.41) is 8.13. The summed E-state index contributed by atoms with van der Waals surface area (Å²) in [6.45, 7) is 1.85. The zero-order valence-electron chi connectivity index (χ0n) is 28.8. The Morgan fingerprint density at radius 1 is 0.906 bits per heavy atom. The van der Waals surface area contributed by atoms with Gasteiger partial charge in [0.25, 0.3) is 17.7 Å². The molecule has 3 aliphatic rings. The average Bonchev–Trinajstić information content (AvgIpc) is 3.88. The minimum absolute atomic E-state index is 0.0357. The van der Waals surface area contributed by atoms with E-state index in [4.69, 9.17) is 23.7 Å². The molecule has 6 amide bonds. The highest BCUT2D eigenvalue weighted by Gasteiger charge is 2.46. The highest BCUT2D eigenvalue weighted by molar-refractivity contribution is 7.17. The van der Waals surface area contributed by atoms with Crippen molar-refractivity contribution < 1.29 is 52.5 Å². The molecular weight excluding hydrogens is 712 g/mol. The second-order valence-electron chi connectivity index (χ2n) is 12.1. The Hall–Kier alpha value is -5.30. The molecule has 0 bridgehead atoms. The number of benzene rings is 1. The van der Waals surface area contributed by atoms with Crippen LogP contribution in [0.25, 0.3) is 10.6 Å². The number of piperidine rings is 1. The van der Waals surface area contributed by atoms with E-state index in [1.807, 2.05) is 0 Å². The van der Waals surface area contributed by atoms with E-state index in [1.54, 1.807) is 30.5 Å². The number of hydrogen-bond acceptors (Lipinski definition) is 14. The number of rotatable bonds is 19. The van der Waals surface area contributed by atoms with Crippen molar-refractivity contribution >= 4 is 52.6 Å². The lowest BCUT2D eigenvalue weighted by molar-refractivity contribution is -0.136. The van der Waals surface area contributed by atoms with Crippen molar-refractivity contribution in [3.63, 3.8) is 0 Å². The van der Waals surface area contributed by atoms with Gasteiger partial charge in [-0.05, 0) is 43.5 Å². The number of thiazole rings is 1. The van der Waals surface area contributed by atoms with E-state index >= 15 is 0 Å². The highest BCUT2D eigenvalue weighted by atomic mass is 32.1. The molecule has 4 heterocycles. The summed E-state index contributed by atoms with van der Waals surface area (Å²) in [7, 11) is 1.52. The predicted octanol–water partition coefficient (Wildman–Crippen LogP) is 1.82. The fourth-order valence-electron chi connectivity index (χ4n) is 5.54. The quantitative estimate of drug-likeness (QED) is 0.118. The lowest BCUT2D eigenvalue weighted by atomic mass is 10.0. The molecule has 2 aromatic heterocycles. The molecule has 2 fully saturated rings. The molecule has 17 nitrogen and oxygen atoms in total. The third-order valence-electron chi connectivity index (χ3n) is 8.36. The Morgan fingerprint density at radius 3 is 2.28 bits per heavy atom. The van der Waals surface area contributed by atoms with E-state index in [2.05, 4.69) is 25.9 Å². The maximum Gasteiger partial charge on any atom is 0.266 e. The summed E-state index contributed by atoms with van der Waals surface area (Å²) in [6, 6.07) is 7.05. The lowest BCUT2D eigenvalue weighted by Gasteiger charge is -2.27. The van der Waals surface area contributed by atoms with Crippen LogP contribution < -0.4 is 25.4 Å². The predicted molar refractivity (Wildman–Crippen MR) is 187 cm³/mol. The molecule has 6 rings (SSSR count). The first-order chi connectivity index (χ1) is 25.7. The number of nitrogens with zero attached hydrogens (tertiary/aromatic N) is 3. The topological polar surface area (TPSA) is 214 Å². The normalized spacial score (nSPS) is 16.7. The monoisotopic (exact) mass is 750 g/mol. The van der Waals surface area contributed by atoms with Gasteiger partial charge in [0.05, 0.1) is 50.8 Å². The Balaban J connectivity index is 0.852. The van der Waals surface area contributed by atoms with Gasteiger partial charge < -0.3 is 34.3 Å². The van der Waals surface area contributed by atoms with Gasteiger partial charge in [-0.3, -0.25) is 39.0 Å². The number of carbonyl (C=O) groups is 6. The van der Waals surface area contributed by atoms with Crippen LogP contribution in [0, 0.1) is 5.92 Å². The first-order valence-electron chi connectivity index (χ1n) is 17.1. The summed E-state index contributed by atoms with van der Waals surface area (Å²) in [5.41, 5.74) is 0.905. The molecule has 280 valence electrons. The van der Waals surface area contributed by atoms with E-state index in [-0.39, 0.29) is 86.4 Å². The van der Waals surface area contributed by atoms with E-state index in [0.717, 1.165) is 17.7 Å². The largest absolute Gasteiger partial charge is 0.490 e. The maximum atomic E-state index is 13.2. The Kier molecular flexibility index (Phi) is 12.4. The van der Waals surface area contributed by atoms with Gasteiger partial charge in [-0.15, -0.1) is 11.3 Å². The smallest absolute Gasteiger partial charge is 0.266 e. The van der Waals surface area contributed by atoms with Crippen LogP contribution in [0.1, 0.15) is 56.1 Å². The van der Waals surface area contributed by atoms with Crippen molar-refractivity contribution in [2.24, 2.45) is 5.92 Å². The van der Waals surface area contributed by atoms with Gasteiger partial charge in [-0.1, -0.05) is 6.07 Å². The van der Waals surface area contributed by atoms with Gasteiger partial charge in [-0.2, -0.15) is 0 Å². The maximum absolute atomic E-state index is 13.2. The second-order valence-corrected chi connectivity index (χ2v) is 13.1. The van der Waals surface area contributed by atoms with Gasteiger partial charge in [-0.25, -0.2) is 9.97 Å². The summed E-state index contributed by atoms with van der Waals surface area (Å²) >= 11 is 1.17. The molecular formula is C35H38N6O11S. The zero-order valence-corrected chi connectivity index (χ0v) is 29.7. The van der Waals surface area contributed by atoms with Crippen LogP contribution in [0.2, 0.25) is 0 Å². The Bertz CT molecular complexity index is 1880. The fraction of sp³-hybridized carbons (Fsp3) is 0.429. The number of nitrogens with one attached hydrogen (secondary N) is 3.